The molecule has 1 amide bonds. The monoisotopic (exact) mass is 260 g/mol. The van der Waals surface area contributed by atoms with Gasteiger partial charge in [-0.25, -0.2) is 4.68 Å². The summed E-state index contributed by atoms with van der Waals surface area (Å²) < 4.78 is 6.63. The van der Waals surface area contributed by atoms with Crippen molar-refractivity contribution in [1.82, 2.24) is 20.3 Å². The molecule has 0 aliphatic rings. The topological polar surface area (TPSA) is 69.0 Å². The number of hydrogen-bond donors (Lipinski definition) is 1. The number of nitrogens with zero attached hydrogens (tertiary/aromatic N) is 3. The van der Waals surface area contributed by atoms with Crippen molar-refractivity contribution in [1.29, 1.82) is 0 Å². The van der Waals surface area contributed by atoms with Crippen LogP contribution in [0, 0.1) is 0 Å². The van der Waals surface area contributed by atoms with Crippen molar-refractivity contribution in [2.45, 2.75) is 19.9 Å². The first-order valence-corrected chi connectivity index (χ1v) is 5.98. The average Bonchev–Trinajstić information content (AvgIpc) is 2.88. The van der Waals surface area contributed by atoms with Crippen LogP contribution in [0.5, 0.6) is 5.75 Å². The SMILES string of the molecule is COc1ccc(-n2cc(C(=O)NC(C)C)nn2)cc1. The van der Waals surface area contributed by atoms with Gasteiger partial charge >= 0.3 is 0 Å². The van der Waals surface area contributed by atoms with E-state index in [2.05, 4.69) is 15.6 Å². The molecule has 6 nitrogen and oxygen atoms in total. The lowest BCUT2D eigenvalue weighted by molar-refractivity contribution is 0.0938. The summed E-state index contributed by atoms with van der Waals surface area (Å²) in [4.78, 5) is 11.8. The molecule has 0 aliphatic heterocycles. The second-order valence-corrected chi connectivity index (χ2v) is 4.37. The molecule has 2 rings (SSSR count). The smallest absolute Gasteiger partial charge is 0.273 e. The van der Waals surface area contributed by atoms with Crippen molar-refractivity contribution in [3.63, 3.8) is 0 Å². The first kappa shape index (κ1) is 13.1. The molecular formula is C13H16N4O2. The molecule has 1 heterocycles. The van der Waals surface area contributed by atoms with Gasteiger partial charge in [-0.1, -0.05) is 5.21 Å². The van der Waals surface area contributed by atoms with Crippen LogP contribution in [-0.4, -0.2) is 34.1 Å². The lowest BCUT2D eigenvalue weighted by Gasteiger charge is -2.04. The van der Waals surface area contributed by atoms with E-state index >= 15 is 0 Å². The van der Waals surface area contributed by atoms with Gasteiger partial charge in [-0.15, -0.1) is 5.10 Å². The van der Waals surface area contributed by atoms with E-state index in [0.29, 0.717) is 5.69 Å². The molecule has 0 spiro atoms. The van der Waals surface area contributed by atoms with Gasteiger partial charge in [0.05, 0.1) is 19.0 Å². The molecule has 6 heteroatoms. The van der Waals surface area contributed by atoms with Crippen molar-refractivity contribution < 1.29 is 9.53 Å². The van der Waals surface area contributed by atoms with E-state index in [1.54, 1.807) is 18.0 Å². The number of ether oxygens (including phenoxy) is 1. The Morgan fingerprint density at radius 1 is 1.32 bits per heavy atom. The minimum atomic E-state index is -0.227. The molecule has 0 radical (unpaired) electrons. The molecule has 1 aromatic heterocycles. The van der Waals surface area contributed by atoms with Crippen LogP contribution in [-0.2, 0) is 0 Å². The van der Waals surface area contributed by atoms with Crippen LogP contribution in [0.25, 0.3) is 5.69 Å². The maximum absolute atomic E-state index is 11.8. The number of hydrogen-bond acceptors (Lipinski definition) is 4. The zero-order valence-electron chi connectivity index (χ0n) is 11.1. The largest absolute Gasteiger partial charge is 0.497 e. The van der Waals surface area contributed by atoms with E-state index in [-0.39, 0.29) is 11.9 Å². The summed E-state index contributed by atoms with van der Waals surface area (Å²) >= 11 is 0. The summed E-state index contributed by atoms with van der Waals surface area (Å²) in [7, 11) is 1.61. The van der Waals surface area contributed by atoms with Crippen molar-refractivity contribution in [2.24, 2.45) is 0 Å². The fourth-order valence-corrected chi connectivity index (χ4v) is 1.57. The standard InChI is InChI=1S/C13H16N4O2/c1-9(2)14-13(18)12-8-17(16-15-12)10-4-6-11(19-3)7-5-10/h4-9H,1-3H3,(H,14,18). The van der Waals surface area contributed by atoms with Gasteiger partial charge in [-0.05, 0) is 38.1 Å². The molecule has 0 aliphatic carbocycles. The molecule has 19 heavy (non-hydrogen) atoms. The van der Waals surface area contributed by atoms with Gasteiger partial charge in [0.15, 0.2) is 5.69 Å². The van der Waals surface area contributed by atoms with Crippen LogP contribution in [0.1, 0.15) is 24.3 Å². The zero-order chi connectivity index (χ0) is 13.8. The molecule has 1 aromatic carbocycles. The highest BCUT2D eigenvalue weighted by Crippen LogP contribution is 2.14. The molecule has 0 bridgehead atoms. The maximum Gasteiger partial charge on any atom is 0.273 e. The van der Waals surface area contributed by atoms with Gasteiger partial charge in [0.25, 0.3) is 5.91 Å². The Kier molecular flexibility index (Phi) is 3.79. The van der Waals surface area contributed by atoms with Gasteiger partial charge in [-0.2, -0.15) is 0 Å². The second kappa shape index (κ2) is 5.51. The Balaban J connectivity index is 2.18. The van der Waals surface area contributed by atoms with E-state index in [1.165, 1.54) is 0 Å². The zero-order valence-corrected chi connectivity index (χ0v) is 11.1. The minimum absolute atomic E-state index is 0.0682. The first-order chi connectivity index (χ1) is 9.10. The van der Waals surface area contributed by atoms with Gasteiger partial charge in [0.1, 0.15) is 5.75 Å². The third-order valence-electron chi connectivity index (χ3n) is 2.48. The summed E-state index contributed by atoms with van der Waals surface area (Å²) in [6.07, 6.45) is 1.60. The van der Waals surface area contributed by atoms with E-state index in [1.807, 2.05) is 38.1 Å². The number of rotatable bonds is 4. The number of carbonyl (C=O) groups excluding carboxylic acids is 1. The summed E-state index contributed by atoms with van der Waals surface area (Å²) in [5, 5.41) is 10.6. The molecule has 1 N–H and O–H groups in total. The second-order valence-electron chi connectivity index (χ2n) is 4.37. The van der Waals surface area contributed by atoms with Crippen LogP contribution >= 0.6 is 0 Å². The number of nitrogens with one attached hydrogen (secondary N) is 1. The Morgan fingerprint density at radius 3 is 2.58 bits per heavy atom. The Hall–Kier alpha value is -2.37. The maximum atomic E-state index is 11.8. The predicted molar refractivity (Wildman–Crippen MR) is 70.5 cm³/mol. The average molecular weight is 260 g/mol. The molecule has 2 aromatic rings. The van der Waals surface area contributed by atoms with Crippen LogP contribution in [0.2, 0.25) is 0 Å². The summed E-state index contributed by atoms with van der Waals surface area (Å²) in [5.41, 5.74) is 1.11. The van der Waals surface area contributed by atoms with Gasteiger partial charge < -0.3 is 10.1 Å². The fourth-order valence-electron chi connectivity index (χ4n) is 1.57. The highest BCUT2D eigenvalue weighted by molar-refractivity contribution is 5.92. The third kappa shape index (κ3) is 3.09. The Morgan fingerprint density at radius 2 is 2.00 bits per heavy atom. The van der Waals surface area contributed by atoms with Crippen molar-refractivity contribution in [3.05, 3.63) is 36.2 Å². The summed E-state index contributed by atoms with van der Waals surface area (Å²) in [5.74, 6) is 0.538. The number of carbonyl (C=O) groups is 1. The van der Waals surface area contributed by atoms with Gasteiger partial charge in [-0.3, -0.25) is 4.79 Å². The molecule has 0 atom stereocenters. The van der Waals surface area contributed by atoms with Crippen LogP contribution in [0.3, 0.4) is 0 Å². The highest BCUT2D eigenvalue weighted by atomic mass is 16.5. The number of amides is 1. The normalized spacial score (nSPS) is 10.5. The molecule has 0 saturated carbocycles. The van der Waals surface area contributed by atoms with Crippen molar-refractivity contribution >= 4 is 5.91 Å². The molecule has 0 saturated heterocycles. The summed E-state index contributed by atoms with van der Waals surface area (Å²) in [6, 6.07) is 7.41. The van der Waals surface area contributed by atoms with E-state index in [4.69, 9.17) is 4.74 Å². The Bertz CT molecular complexity index is 560. The molecule has 100 valence electrons. The molecule has 0 unspecified atom stereocenters. The van der Waals surface area contributed by atoms with E-state index in [0.717, 1.165) is 11.4 Å². The predicted octanol–water partition coefficient (Wildman–Crippen LogP) is 1.41. The molecular weight excluding hydrogens is 244 g/mol. The summed E-state index contributed by atoms with van der Waals surface area (Å²) in [6.45, 7) is 3.79. The van der Waals surface area contributed by atoms with Crippen LogP contribution in [0.15, 0.2) is 30.5 Å². The van der Waals surface area contributed by atoms with Gasteiger partial charge in [0, 0.05) is 6.04 Å². The first-order valence-electron chi connectivity index (χ1n) is 5.98. The van der Waals surface area contributed by atoms with Crippen molar-refractivity contribution in [2.75, 3.05) is 7.11 Å². The van der Waals surface area contributed by atoms with Crippen molar-refractivity contribution in [3.8, 4) is 11.4 Å². The van der Waals surface area contributed by atoms with Gasteiger partial charge in [0.2, 0.25) is 0 Å². The van der Waals surface area contributed by atoms with E-state index < -0.39 is 0 Å². The quantitative estimate of drug-likeness (QED) is 0.902. The highest BCUT2D eigenvalue weighted by Gasteiger charge is 2.12. The van der Waals surface area contributed by atoms with Crippen LogP contribution in [0.4, 0.5) is 0 Å². The minimum Gasteiger partial charge on any atom is -0.497 e. The number of benzene rings is 1. The van der Waals surface area contributed by atoms with E-state index in [9.17, 15) is 4.79 Å². The number of methoxy groups -OCH3 is 1. The molecule has 0 fully saturated rings. The number of aromatic nitrogens is 3. The lowest BCUT2D eigenvalue weighted by atomic mass is 10.3. The fraction of sp³-hybridized carbons (Fsp3) is 0.308. The van der Waals surface area contributed by atoms with Crippen LogP contribution < -0.4 is 10.1 Å². The lowest BCUT2D eigenvalue weighted by Crippen LogP contribution is -2.30. The third-order valence-corrected chi connectivity index (χ3v) is 2.48. The Labute approximate surface area is 111 Å².